The van der Waals surface area contributed by atoms with E-state index in [1.165, 1.54) is 52.0 Å². The third-order valence-corrected chi connectivity index (χ3v) is 14.4. The fraction of sp³-hybridized carbons (Fsp3) is 0.310. The second-order valence-corrected chi connectivity index (χ2v) is 17.7. The molecule has 4 amide bonds. The average molecular weight is 850 g/mol. The molecule has 0 spiro atoms. The lowest BCUT2D eigenvalue weighted by atomic mass is 9.51. The number of phenols is 1. The summed E-state index contributed by atoms with van der Waals surface area (Å²) in [7, 11) is 4.48. The van der Waals surface area contributed by atoms with E-state index in [2.05, 4.69) is 0 Å². The Bertz CT molecular complexity index is 2780. The molecule has 2 aliphatic carbocycles. The Kier molecular flexibility index (Phi) is 8.80. The van der Waals surface area contributed by atoms with Crippen LogP contribution in [0.5, 0.6) is 5.75 Å². The molecule has 2 saturated heterocycles. The van der Waals surface area contributed by atoms with Gasteiger partial charge in [-0.1, -0.05) is 35.4 Å². The van der Waals surface area contributed by atoms with Crippen LogP contribution in [0.25, 0.3) is 20.7 Å². The lowest BCUT2D eigenvalue weighted by Crippen LogP contribution is -2.48. The number of allylic oxidation sites excluding steroid dienone is 2. The molecule has 0 bridgehead atoms. The summed E-state index contributed by atoms with van der Waals surface area (Å²) in [6.45, 7) is 3.71. The van der Waals surface area contributed by atoms with Gasteiger partial charge in [0.2, 0.25) is 23.6 Å². The van der Waals surface area contributed by atoms with Crippen molar-refractivity contribution in [1.82, 2.24) is 9.78 Å². The van der Waals surface area contributed by atoms with Gasteiger partial charge in [0.25, 0.3) is 0 Å². The molecule has 0 unspecified atom stereocenters. The first-order chi connectivity index (χ1) is 28.4. The Balaban J connectivity index is 1.14. The van der Waals surface area contributed by atoms with Crippen LogP contribution < -0.4 is 14.7 Å². The van der Waals surface area contributed by atoms with Crippen molar-refractivity contribution < 1.29 is 34.1 Å². The normalized spacial score (nSPS) is 24.8. The van der Waals surface area contributed by atoms with E-state index in [0.717, 1.165) is 37.6 Å². The lowest BCUT2D eigenvalue weighted by molar-refractivity contribution is -0.392. The van der Waals surface area contributed by atoms with Crippen molar-refractivity contribution in [2.45, 2.75) is 32.6 Å². The minimum Gasteiger partial charge on any atom is -0.508 e. The number of aromatic nitrogens is 2. The standard InChI is InChI=1S/C42H36ClN7O9S/c1-19-26-14-21(43)8-13-32(26)60-37(19)29-18-33(46(5)44-29)48-39(53)28-17-27-24(35(42(28,2)41(48)55)20-6-9-23(51)10-7-20)11-12-25-34(27)40(54)47(38(25)52)22-15-30(49(56)57)36(45(3)4)31(16-22)50(58)59/h6-11,13-16,18,25,27-28,34-35,51H,12,17H2,1-5H3/t25-,27+,28-,34-,35-,42+/m0/s1. The molecule has 3 aromatic carbocycles. The second kappa shape index (κ2) is 13.5. The third-order valence-electron chi connectivity index (χ3n) is 12.9. The molecule has 5 aromatic rings. The van der Waals surface area contributed by atoms with Crippen LogP contribution in [0.15, 0.2) is 72.3 Å². The van der Waals surface area contributed by atoms with Crippen LogP contribution >= 0.6 is 22.9 Å². The number of hydrogen-bond acceptors (Lipinski definition) is 12. The molecule has 2 aromatic heterocycles. The first-order valence-electron chi connectivity index (χ1n) is 19.1. The number of hydrogen-bond donors (Lipinski definition) is 1. The quantitative estimate of drug-likeness (QED) is 0.0746. The van der Waals surface area contributed by atoms with E-state index >= 15 is 4.79 Å². The van der Waals surface area contributed by atoms with Gasteiger partial charge in [-0.05, 0) is 79.5 Å². The van der Waals surface area contributed by atoms with E-state index in [1.54, 1.807) is 32.2 Å². The summed E-state index contributed by atoms with van der Waals surface area (Å²) in [5.74, 6) is -6.58. The van der Waals surface area contributed by atoms with Crippen LogP contribution in [0.3, 0.4) is 0 Å². The smallest absolute Gasteiger partial charge is 0.301 e. The molecular formula is C42H36ClN7O9S. The van der Waals surface area contributed by atoms with Crippen LogP contribution in [-0.2, 0) is 26.2 Å². The summed E-state index contributed by atoms with van der Waals surface area (Å²) in [4.78, 5) is 85.8. The molecule has 1 N–H and O–H groups in total. The minimum atomic E-state index is -1.38. The number of rotatable bonds is 7. The Morgan fingerprint density at radius 2 is 1.58 bits per heavy atom. The Morgan fingerprint density at radius 3 is 2.22 bits per heavy atom. The van der Waals surface area contributed by atoms with Gasteiger partial charge in [-0.3, -0.25) is 44.1 Å². The number of anilines is 3. The predicted octanol–water partition coefficient (Wildman–Crippen LogP) is 7.29. The van der Waals surface area contributed by atoms with E-state index in [1.807, 2.05) is 31.2 Å². The molecule has 4 aliphatic rings. The summed E-state index contributed by atoms with van der Waals surface area (Å²) >= 11 is 7.82. The van der Waals surface area contributed by atoms with Gasteiger partial charge in [0.1, 0.15) is 17.3 Å². The summed E-state index contributed by atoms with van der Waals surface area (Å²) in [5.41, 5.74) is -0.488. The number of phenolic OH excluding ortho intramolecular Hbond substituents is 1. The highest BCUT2D eigenvalue weighted by Crippen LogP contribution is 2.64. The minimum absolute atomic E-state index is 0.0159. The first kappa shape index (κ1) is 39.0. The number of benzene rings is 3. The van der Waals surface area contributed by atoms with Crippen LogP contribution in [-0.4, -0.2) is 62.5 Å². The number of aryl methyl sites for hydroxylation is 2. The fourth-order valence-corrected chi connectivity index (χ4v) is 11.5. The maximum absolute atomic E-state index is 15.1. The third kappa shape index (κ3) is 5.44. The molecule has 9 rings (SSSR count). The molecule has 16 nitrogen and oxygen atoms in total. The number of imide groups is 2. The number of thiophene rings is 1. The van der Waals surface area contributed by atoms with E-state index < -0.39 is 79.9 Å². The number of carbonyl (C=O) groups excluding carboxylic acids is 4. The largest absolute Gasteiger partial charge is 0.508 e. The number of carbonyl (C=O) groups is 4. The van der Waals surface area contributed by atoms with Crippen molar-refractivity contribution in [3.8, 4) is 16.3 Å². The summed E-state index contributed by atoms with van der Waals surface area (Å²) in [6.07, 6.45) is 1.94. The highest BCUT2D eigenvalue weighted by Gasteiger charge is 2.68. The molecule has 60 heavy (non-hydrogen) atoms. The van der Waals surface area contributed by atoms with Crippen molar-refractivity contribution >= 4 is 85.2 Å². The molecule has 1 saturated carbocycles. The summed E-state index contributed by atoms with van der Waals surface area (Å²) in [5, 5.41) is 41.0. The highest BCUT2D eigenvalue weighted by atomic mass is 35.5. The number of halogens is 1. The summed E-state index contributed by atoms with van der Waals surface area (Å²) in [6, 6.07) is 15.7. The molecule has 6 atom stereocenters. The van der Waals surface area contributed by atoms with Crippen LogP contribution in [0, 0.1) is 56.2 Å². The maximum Gasteiger partial charge on any atom is 0.301 e. The number of amides is 4. The zero-order valence-corrected chi connectivity index (χ0v) is 34.4. The molecule has 0 radical (unpaired) electrons. The number of nitro benzene ring substituents is 2. The number of nitrogens with zero attached hydrogens (tertiary/aromatic N) is 7. The van der Waals surface area contributed by atoms with Crippen molar-refractivity contribution in [1.29, 1.82) is 0 Å². The van der Waals surface area contributed by atoms with Crippen molar-refractivity contribution in [3.63, 3.8) is 0 Å². The van der Waals surface area contributed by atoms with E-state index in [4.69, 9.17) is 16.7 Å². The van der Waals surface area contributed by atoms with Crippen molar-refractivity contribution in [2.24, 2.45) is 36.1 Å². The fourth-order valence-electron chi connectivity index (χ4n) is 10.2. The van der Waals surface area contributed by atoms with Crippen LogP contribution in [0.2, 0.25) is 5.02 Å². The zero-order valence-electron chi connectivity index (χ0n) is 32.8. The van der Waals surface area contributed by atoms with Gasteiger partial charge in [-0.25, -0.2) is 9.80 Å². The van der Waals surface area contributed by atoms with Gasteiger partial charge in [0, 0.05) is 55.0 Å². The molecule has 18 heteroatoms. The molecular weight excluding hydrogens is 814 g/mol. The molecule has 306 valence electrons. The van der Waals surface area contributed by atoms with Gasteiger partial charge in [-0.2, -0.15) is 5.10 Å². The van der Waals surface area contributed by atoms with Gasteiger partial charge in [0.05, 0.1) is 43.6 Å². The predicted molar refractivity (Wildman–Crippen MR) is 223 cm³/mol. The monoisotopic (exact) mass is 849 g/mol. The highest BCUT2D eigenvalue weighted by molar-refractivity contribution is 7.22. The van der Waals surface area contributed by atoms with E-state index in [0.29, 0.717) is 21.9 Å². The topological polar surface area (TPSA) is 202 Å². The molecule has 2 aliphatic heterocycles. The summed E-state index contributed by atoms with van der Waals surface area (Å²) < 4.78 is 2.50. The first-order valence-corrected chi connectivity index (χ1v) is 20.3. The average Bonchev–Trinajstić information content (AvgIpc) is 3.87. The number of aromatic hydroxyl groups is 1. The number of fused-ring (bicyclic) bond motifs is 5. The van der Waals surface area contributed by atoms with Crippen molar-refractivity contribution in [3.05, 3.63) is 109 Å². The lowest BCUT2D eigenvalue weighted by Gasteiger charge is -2.49. The van der Waals surface area contributed by atoms with Crippen molar-refractivity contribution in [2.75, 3.05) is 28.8 Å². The van der Waals surface area contributed by atoms with Crippen LogP contribution in [0.4, 0.5) is 28.6 Å². The van der Waals surface area contributed by atoms with E-state index in [-0.39, 0.29) is 35.8 Å². The Labute approximate surface area is 350 Å². The molecule has 3 fully saturated rings. The van der Waals surface area contributed by atoms with Gasteiger partial charge >= 0.3 is 11.4 Å². The Hall–Kier alpha value is -6.46. The number of nitro groups is 2. The second-order valence-electron chi connectivity index (χ2n) is 16.2. The van der Waals surface area contributed by atoms with Crippen LogP contribution in [0.1, 0.15) is 36.8 Å². The molecule has 4 heterocycles. The van der Waals surface area contributed by atoms with E-state index in [9.17, 15) is 39.7 Å². The zero-order chi connectivity index (χ0) is 42.8. The maximum atomic E-state index is 15.1. The SMILES string of the molecule is Cc1c(-c2cc(N3C(=O)[C@@H]4C[C@@H]5C(=CC[C@@H]6C(=O)N(c7cc([N+](=O)[O-])c(N(C)C)c([N+](=O)[O-])c7)C(=O)[C@@H]65)[C@H](c5ccc(O)cc5)[C@]4(C)C3=O)n(C)n2)sc2ccc(Cl)cc12. The van der Waals surface area contributed by atoms with Gasteiger partial charge < -0.3 is 10.0 Å². The van der Waals surface area contributed by atoms with Gasteiger partial charge in [0.15, 0.2) is 5.69 Å². The Morgan fingerprint density at radius 1 is 0.917 bits per heavy atom. The van der Waals surface area contributed by atoms with Gasteiger partial charge in [-0.15, -0.1) is 11.3 Å².